The molecule has 6 heteroatoms. The molecule has 6 nitrogen and oxygen atoms in total. The first kappa shape index (κ1) is 12.2. The van der Waals surface area contributed by atoms with Crippen molar-refractivity contribution in [3.8, 4) is 0 Å². The van der Waals surface area contributed by atoms with Gasteiger partial charge < -0.3 is 14.9 Å². The van der Waals surface area contributed by atoms with Crippen LogP contribution in [0.2, 0.25) is 0 Å². The number of hydrogen-bond acceptors (Lipinski definition) is 4. The van der Waals surface area contributed by atoms with Gasteiger partial charge in [0.25, 0.3) is 5.91 Å². The molecular formula is C10H14N2O4. The van der Waals surface area contributed by atoms with E-state index in [9.17, 15) is 9.59 Å². The van der Waals surface area contributed by atoms with Crippen LogP contribution in [-0.4, -0.2) is 28.2 Å². The van der Waals surface area contributed by atoms with Crippen LogP contribution >= 0.6 is 0 Å². The fraction of sp³-hybridized carbons (Fsp3) is 0.500. The summed E-state index contributed by atoms with van der Waals surface area (Å²) >= 11 is 0. The summed E-state index contributed by atoms with van der Waals surface area (Å²) in [6, 6.07) is -0.459. The van der Waals surface area contributed by atoms with Gasteiger partial charge in [-0.15, -0.1) is 0 Å². The fourth-order valence-electron chi connectivity index (χ4n) is 1.14. The Morgan fingerprint density at radius 1 is 1.50 bits per heavy atom. The van der Waals surface area contributed by atoms with Crippen LogP contribution in [0.5, 0.6) is 0 Å². The Balaban J connectivity index is 2.65. The second kappa shape index (κ2) is 4.78. The van der Waals surface area contributed by atoms with Crippen LogP contribution in [0.15, 0.2) is 10.7 Å². The Morgan fingerprint density at radius 3 is 2.56 bits per heavy atom. The van der Waals surface area contributed by atoms with E-state index < -0.39 is 17.9 Å². The highest BCUT2D eigenvalue weighted by molar-refractivity contribution is 5.95. The van der Waals surface area contributed by atoms with Crippen molar-refractivity contribution in [2.45, 2.75) is 26.8 Å². The lowest BCUT2D eigenvalue weighted by Crippen LogP contribution is -2.40. The van der Waals surface area contributed by atoms with Crippen molar-refractivity contribution in [2.75, 3.05) is 0 Å². The first-order valence-electron chi connectivity index (χ1n) is 4.88. The second-order valence-electron chi connectivity index (χ2n) is 3.68. The molecule has 0 fully saturated rings. The lowest BCUT2D eigenvalue weighted by molar-refractivity contribution is -0.141. The van der Waals surface area contributed by atoms with E-state index in [-0.39, 0.29) is 5.91 Å². The highest BCUT2D eigenvalue weighted by atomic mass is 16.5. The van der Waals surface area contributed by atoms with Crippen molar-refractivity contribution in [1.82, 2.24) is 10.5 Å². The van der Waals surface area contributed by atoms with Crippen LogP contribution in [0.1, 0.15) is 30.0 Å². The summed E-state index contributed by atoms with van der Waals surface area (Å²) < 4.78 is 4.75. The average Bonchev–Trinajstić information content (AvgIpc) is 2.62. The number of nitrogens with one attached hydrogen (secondary N) is 1. The van der Waals surface area contributed by atoms with Crippen molar-refractivity contribution in [3.05, 3.63) is 17.5 Å². The predicted molar refractivity (Wildman–Crippen MR) is 55.0 cm³/mol. The molecule has 0 bridgehead atoms. The van der Waals surface area contributed by atoms with E-state index in [0.717, 1.165) is 0 Å². The van der Waals surface area contributed by atoms with E-state index in [1.165, 1.54) is 13.1 Å². The molecule has 2 atom stereocenters. The molecule has 0 aliphatic carbocycles. The summed E-state index contributed by atoms with van der Waals surface area (Å²) in [6.45, 7) is 4.79. The van der Waals surface area contributed by atoms with Gasteiger partial charge in [0.2, 0.25) is 0 Å². The lowest BCUT2D eigenvalue weighted by atomic mass is 10.0. The minimum absolute atomic E-state index is 0.324. The molecule has 2 unspecified atom stereocenters. The van der Waals surface area contributed by atoms with Gasteiger partial charge in [-0.25, -0.2) is 0 Å². The zero-order chi connectivity index (χ0) is 12.3. The molecule has 1 heterocycles. The first-order chi connectivity index (χ1) is 7.43. The third kappa shape index (κ3) is 2.59. The van der Waals surface area contributed by atoms with Crippen molar-refractivity contribution in [1.29, 1.82) is 0 Å². The maximum atomic E-state index is 11.7. The highest BCUT2D eigenvalue weighted by Crippen LogP contribution is 2.08. The highest BCUT2D eigenvalue weighted by Gasteiger charge is 2.22. The Morgan fingerprint density at radius 2 is 2.12 bits per heavy atom. The summed E-state index contributed by atoms with van der Waals surface area (Å²) in [5.74, 6) is -1.56. The van der Waals surface area contributed by atoms with E-state index in [1.807, 2.05) is 0 Å². The van der Waals surface area contributed by atoms with Crippen LogP contribution in [0, 0.1) is 12.8 Å². The van der Waals surface area contributed by atoms with Crippen molar-refractivity contribution < 1.29 is 19.2 Å². The standard InChI is InChI=1S/C10H14N2O4/c1-5(10(14)15)6(2)12-9(13)8-4-11-16-7(8)3/h4-6H,1-3H3,(H,12,13)(H,14,15). The number of nitrogens with zero attached hydrogens (tertiary/aromatic N) is 1. The van der Waals surface area contributed by atoms with E-state index in [2.05, 4.69) is 10.5 Å². The number of amides is 1. The van der Waals surface area contributed by atoms with Crippen LogP contribution in [0.3, 0.4) is 0 Å². The number of hydrogen-bond donors (Lipinski definition) is 2. The zero-order valence-electron chi connectivity index (χ0n) is 9.35. The summed E-state index contributed by atoms with van der Waals surface area (Å²) in [6.07, 6.45) is 1.31. The van der Waals surface area contributed by atoms with Gasteiger partial charge in [-0.05, 0) is 20.8 Å². The summed E-state index contributed by atoms with van der Waals surface area (Å²) in [4.78, 5) is 22.4. The predicted octanol–water partition coefficient (Wildman–Crippen LogP) is 0.822. The van der Waals surface area contributed by atoms with Gasteiger partial charge in [-0.1, -0.05) is 5.16 Å². The van der Waals surface area contributed by atoms with Gasteiger partial charge in [0.15, 0.2) is 0 Å². The minimum atomic E-state index is -0.949. The molecular weight excluding hydrogens is 212 g/mol. The molecule has 1 aromatic heterocycles. The molecule has 1 amide bonds. The molecule has 0 aliphatic heterocycles. The molecule has 0 radical (unpaired) electrons. The summed E-state index contributed by atoms with van der Waals surface area (Å²) in [7, 11) is 0. The number of aliphatic carboxylic acids is 1. The topological polar surface area (TPSA) is 92.4 Å². The Hall–Kier alpha value is -1.85. The lowest BCUT2D eigenvalue weighted by Gasteiger charge is -2.17. The smallest absolute Gasteiger partial charge is 0.308 e. The normalized spacial score (nSPS) is 14.2. The van der Waals surface area contributed by atoms with E-state index in [4.69, 9.17) is 9.63 Å². The Bertz CT molecular complexity index is 399. The van der Waals surface area contributed by atoms with Crippen LogP contribution in [0.4, 0.5) is 0 Å². The molecule has 0 saturated carbocycles. The molecule has 0 saturated heterocycles. The van der Waals surface area contributed by atoms with Crippen LogP contribution in [-0.2, 0) is 4.79 Å². The van der Waals surface area contributed by atoms with Gasteiger partial charge in [-0.3, -0.25) is 9.59 Å². The van der Waals surface area contributed by atoms with E-state index >= 15 is 0 Å². The second-order valence-corrected chi connectivity index (χ2v) is 3.68. The molecule has 1 aromatic rings. The molecule has 1 rings (SSSR count). The van der Waals surface area contributed by atoms with Gasteiger partial charge >= 0.3 is 5.97 Å². The maximum absolute atomic E-state index is 11.7. The first-order valence-corrected chi connectivity index (χ1v) is 4.88. The van der Waals surface area contributed by atoms with Gasteiger partial charge in [0.1, 0.15) is 11.3 Å². The Kier molecular flexibility index (Phi) is 3.65. The maximum Gasteiger partial charge on any atom is 0.308 e. The van der Waals surface area contributed by atoms with Crippen LogP contribution in [0.25, 0.3) is 0 Å². The molecule has 2 N–H and O–H groups in total. The van der Waals surface area contributed by atoms with E-state index in [1.54, 1.807) is 13.8 Å². The number of carbonyl (C=O) groups is 2. The van der Waals surface area contributed by atoms with Crippen molar-refractivity contribution in [2.24, 2.45) is 5.92 Å². The largest absolute Gasteiger partial charge is 0.481 e. The number of carboxylic acid groups (broad SMARTS) is 1. The molecule has 0 aromatic carbocycles. The Labute approximate surface area is 92.6 Å². The molecule has 0 spiro atoms. The van der Waals surface area contributed by atoms with Gasteiger partial charge in [0.05, 0.1) is 12.1 Å². The van der Waals surface area contributed by atoms with Gasteiger partial charge in [0, 0.05) is 6.04 Å². The van der Waals surface area contributed by atoms with E-state index in [0.29, 0.717) is 11.3 Å². The molecule has 0 aliphatic rings. The number of aromatic nitrogens is 1. The average molecular weight is 226 g/mol. The number of aryl methyl sites for hydroxylation is 1. The van der Waals surface area contributed by atoms with Crippen LogP contribution < -0.4 is 5.32 Å². The van der Waals surface area contributed by atoms with Crippen molar-refractivity contribution in [3.63, 3.8) is 0 Å². The SMILES string of the molecule is Cc1oncc1C(=O)NC(C)C(C)C(=O)O. The molecule has 88 valence electrons. The summed E-state index contributed by atoms with van der Waals surface area (Å²) in [5.41, 5.74) is 0.324. The number of carbonyl (C=O) groups excluding carboxylic acids is 1. The third-order valence-electron chi connectivity index (χ3n) is 2.49. The number of rotatable bonds is 4. The minimum Gasteiger partial charge on any atom is -0.481 e. The zero-order valence-corrected chi connectivity index (χ0v) is 9.35. The summed E-state index contributed by atoms with van der Waals surface area (Å²) in [5, 5.41) is 14.8. The van der Waals surface area contributed by atoms with Gasteiger partial charge in [-0.2, -0.15) is 0 Å². The quantitative estimate of drug-likeness (QED) is 0.792. The number of carboxylic acids is 1. The van der Waals surface area contributed by atoms with Crippen molar-refractivity contribution >= 4 is 11.9 Å². The monoisotopic (exact) mass is 226 g/mol. The fourth-order valence-corrected chi connectivity index (χ4v) is 1.14. The molecule has 16 heavy (non-hydrogen) atoms. The third-order valence-corrected chi connectivity index (χ3v) is 2.49.